The van der Waals surface area contributed by atoms with Gasteiger partial charge in [0.2, 0.25) is 0 Å². The zero-order valence-electron chi connectivity index (χ0n) is 14.7. The van der Waals surface area contributed by atoms with Gasteiger partial charge in [-0.05, 0) is 16.6 Å². The third-order valence-electron chi connectivity index (χ3n) is 4.47. The molecule has 3 aromatic rings. The average molecular weight is 358 g/mol. The van der Waals surface area contributed by atoms with Gasteiger partial charge in [-0.1, -0.05) is 91.0 Å². The minimum atomic E-state index is -0.818. The molecule has 0 N–H and O–H groups in total. The minimum absolute atomic E-state index is 0.205. The SMILES string of the molecule is O=C(OCc1ccccc1)[C@H]1OB(c2ccccc2)O[C@@H]1c1ccccc1. The summed E-state index contributed by atoms with van der Waals surface area (Å²) in [4.78, 5) is 12.8. The van der Waals surface area contributed by atoms with Crippen LogP contribution in [0.1, 0.15) is 17.2 Å². The molecule has 0 saturated carbocycles. The number of hydrogen-bond donors (Lipinski definition) is 0. The summed E-state index contributed by atoms with van der Waals surface area (Å²) in [5.74, 6) is -0.425. The number of rotatable bonds is 5. The molecule has 5 heteroatoms. The highest BCUT2D eigenvalue weighted by molar-refractivity contribution is 6.62. The molecule has 1 saturated heterocycles. The molecule has 0 aliphatic carbocycles. The second-order valence-electron chi connectivity index (χ2n) is 6.36. The molecule has 1 aliphatic heterocycles. The van der Waals surface area contributed by atoms with Crippen LogP contribution in [0.5, 0.6) is 0 Å². The van der Waals surface area contributed by atoms with Crippen molar-refractivity contribution >= 4 is 18.6 Å². The third kappa shape index (κ3) is 4.10. The molecular weight excluding hydrogens is 339 g/mol. The molecule has 27 heavy (non-hydrogen) atoms. The Kier molecular flexibility index (Phi) is 5.33. The van der Waals surface area contributed by atoms with Crippen molar-refractivity contribution in [3.63, 3.8) is 0 Å². The average Bonchev–Trinajstić information content (AvgIpc) is 3.20. The summed E-state index contributed by atoms with van der Waals surface area (Å²) in [7, 11) is -0.606. The normalized spacial score (nSPS) is 19.0. The first kappa shape index (κ1) is 17.5. The quantitative estimate of drug-likeness (QED) is 0.519. The smallest absolute Gasteiger partial charge is 0.459 e. The number of esters is 1. The molecule has 4 nitrogen and oxygen atoms in total. The Morgan fingerprint density at radius 2 is 1.41 bits per heavy atom. The number of hydrogen-bond acceptors (Lipinski definition) is 4. The van der Waals surface area contributed by atoms with E-state index >= 15 is 0 Å². The summed E-state index contributed by atoms with van der Waals surface area (Å²) in [5.41, 5.74) is 2.69. The molecule has 0 bridgehead atoms. The fourth-order valence-corrected chi connectivity index (χ4v) is 3.09. The van der Waals surface area contributed by atoms with Crippen LogP contribution in [0.2, 0.25) is 0 Å². The molecule has 4 rings (SSSR count). The van der Waals surface area contributed by atoms with Crippen molar-refractivity contribution in [1.29, 1.82) is 0 Å². The Balaban J connectivity index is 1.53. The van der Waals surface area contributed by atoms with Gasteiger partial charge < -0.3 is 14.0 Å². The summed E-state index contributed by atoms with van der Waals surface area (Å²) in [5, 5.41) is 0. The Bertz CT molecular complexity index is 871. The van der Waals surface area contributed by atoms with Crippen molar-refractivity contribution in [3.8, 4) is 0 Å². The van der Waals surface area contributed by atoms with Crippen molar-refractivity contribution in [2.75, 3.05) is 0 Å². The van der Waals surface area contributed by atoms with E-state index in [-0.39, 0.29) is 6.61 Å². The van der Waals surface area contributed by atoms with Gasteiger partial charge in [0.25, 0.3) is 0 Å². The highest BCUT2D eigenvalue weighted by Gasteiger charge is 2.46. The summed E-state index contributed by atoms with van der Waals surface area (Å²) in [6.45, 7) is 0.205. The molecule has 0 unspecified atom stereocenters. The highest BCUT2D eigenvalue weighted by Crippen LogP contribution is 2.31. The van der Waals surface area contributed by atoms with Crippen LogP contribution in [0.3, 0.4) is 0 Å². The molecule has 0 radical (unpaired) electrons. The molecule has 1 fully saturated rings. The van der Waals surface area contributed by atoms with Crippen LogP contribution >= 0.6 is 0 Å². The fourth-order valence-electron chi connectivity index (χ4n) is 3.09. The number of carbonyl (C=O) groups excluding carboxylic acids is 1. The lowest BCUT2D eigenvalue weighted by Gasteiger charge is -2.17. The van der Waals surface area contributed by atoms with Crippen LogP contribution in [0.4, 0.5) is 0 Å². The maximum atomic E-state index is 12.8. The molecule has 1 aliphatic rings. The predicted octanol–water partition coefficient (Wildman–Crippen LogP) is 3.28. The molecular formula is C22H19BO4. The van der Waals surface area contributed by atoms with Gasteiger partial charge >= 0.3 is 13.1 Å². The first-order valence-corrected chi connectivity index (χ1v) is 8.92. The van der Waals surface area contributed by atoms with E-state index in [2.05, 4.69) is 0 Å². The Hall–Kier alpha value is -2.89. The molecule has 134 valence electrons. The first-order chi connectivity index (χ1) is 13.3. The van der Waals surface area contributed by atoms with Gasteiger partial charge in [0.1, 0.15) is 12.7 Å². The van der Waals surface area contributed by atoms with E-state index in [1.807, 2.05) is 91.0 Å². The van der Waals surface area contributed by atoms with Gasteiger partial charge in [-0.15, -0.1) is 0 Å². The standard InChI is InChI=1S/C22H19BO4/c24-22(25-16-17-10-4-1-5-11-17)21-20(18-12-6-2-7-13-18)26-23(27-21)19-14-8-3-9-15-19/h1-15,20-21H,16H2/t20-,21+/m1/s1. The van der Waals surface area contributed by atoms with Crippen LogP contribution in [-0.4, -0.2) is 19.2 Å². The van der Waals surface area contributed by atoms with Gasteiger partial charge in [0.05, 0.1) is 0 Å². The van der Waals surface area contributed by atoms with Crippen LogP contribution in [-0.2, 0) is 25.4 Å². The zero-order chi connectivity index (χ0) is 18.5. The highest BCUT2D eigenvalue weighted by atomic mass is 16.7. The minimum Gasteiger partial charge on any atom is -0.459 e. The van der Waals surface area contributed by atoms with Crippen molar-refractivity contribution in [2.24, 2.45) is 0 Å². The molecule has 1 heterocycles. The predicted molar refractivity (Wildman–Crippen MR) is 103 cm³/mol. The van der Waals surface area contributed by atoms with Crippen molar-refractivity contribution in [2.45, 2.75) is 18.8 Å². The summed E-state index contributed by atoms with van der Waals surface area (Å²) < 4.78 is 17.6. The van der Waals surface area contributed by atoms with Crippen LogP contribution in [0.15, 0.2) is 91.0 Å². The molecule has 2 atom stereocenters. The Labute approximate surface area is 158 Å². The Morgan fingerprint density at radius 3 is 2.07 bits per heavy atom. The van der Waals surface area contributed by atoms with E-state index in [1.54, 1.807) is 0 Å². The second kappa shape index (κ2) is 8.21. The van der Waals surface area contributed by atoms with Gasteiger partial charge in [-0.25, -0.2) is 4.79 Å². The van der Waals surface area contributed by atoms with E-state index in [0.29, 0.717) is 0 Å². The van der Waals surface area contributed by atoms with E-state index in [1.165, 1.54) is 0 Å². The van der Waals surface area contributed by atoms with Gasteiger partial charge in [-0.2, -0.15) is 0 Å². The number of carbonyl (C=O) groups is 1. The van der Waals surface area contributed by atoms with Gasteiger partial charge in [-0.3, -0.25) is 0 Å². The van der Waals surface area contributed by atoms with Crippen LogP contribution < -0.4 is 5.46 Å². The first-order valence-electron chi connectivity index (χ1n) is 8.92. The molecule has 0 spiro atoms. The fraction of sp³-hybridized carbons (Fsp3) is 0.136. The van der Waals surface area contributed by atoms with E-state index < -0.39 is 25.3 Å². The maximum absolute atomic E-state index is 12.8. The summed E-state index contributed by atoms with van der Waals surface area (Å²) in [6.07, 6.45) is -1.33. The maximum Gasteiger partial charge on any atom is 0.495 e. The lowest BCUT2D eigenvalue weighted by Crippen LogP contribution is -2.34. The van der Waals surface area contributed by atoms with Gasteiger partial charge in [0.15, 0.2) is 6.10 Å². The Morgan fingerprint density at radius 1 is 0.815 bits per heavy atom. The lowest BCUT2D eigenvalue weighted by atomic mass is 9.79. The third-order valence-corrected chi connectivity index (χ3v) is 4.47. The number of ether oxygens (including phenoxy) is 1. The van der Waals surface area contributed by atoms with Gasteiger partial charge in [0, 0.05) is 0 Å². The molecule has 3 aromatic carbocycles. The second-order valence-corrected chi connectivity index (χ2v) is 6.36. The van der Waals surface area contributed by atoms with E-state index in [4.69, 9.17) is 14.0 Å². The van der Waals surface area contributed by atoms with E-state index in [9.17, 15) is 4.79 Å². The van der Waals surface area contributed by atoms with Crippen molar-refractivity contribution in [1.82, 2.24) is 0 Å². The summed E-state index contributed by atoms with van der Waals surface area (Å²) >= 11 is 0. The van der Waals surface area contributed by atoms with Crippen molar-refractivity contribution in [3.05, 3.63) is 102 Å². The lowest BCUT2D eigenvalue weighted by molar-refractivity contribution is -0.154. The van der Waals surface area contributed by atoms with Crippen molar-refractivity contribution < 1.29 is 18.8 Å². The largest absolute Gasteiger partial charge is 0.495 e. The summed E-state index contributed by atoms with van der Waals surface area (Å²) in [6, 6.07) is 28.8. The topological polar surface area (TPSA) is 44.8 Å². The molecule has 0 aromatic heterocycles. The monoisotopic (exact) mass is 358 g/mol. The number of benzene rings is 3. The zero-order valence-corrected chi connectivity index (χ0v) is 14.7. The molecule has 0 amide bonds. The van der Waals surface area contributed by atoms with E-state index in [0.717, 1.165) is 16.6 Å². The van der Waals surface area contributed by atoms with Crippen LogP contribution in [0.25, 0.3) is 0 Å². The van der Waals surface area contributed by atoms with Crippen LogP contribution in [0, 0.1) is 0 Å².